The van der Waals surface area contributed by atoms with Gasteiger partial charge in [-0.05, 0) is 0 Å². The van der Waals surface area contributed by atoms with E-state index in [9.17, 15) is 0 Å². The molecule has 4 heteroatoms. The van der Waals surface area contributed by atoms with Gasteiger partial charge in [-0.3, -0.25) is 0 Å². The summed E-state index contributed by atoms with van der Waals surface area (Å²) in [6, 6.07) is 0. The van der Waals surface area contributed by atoms with Crippen molar-refractivity contribution in [2.24, 2.45) is 0 Å². The molecular formula is H3LiOSiTi. The quantitative estimate of drug-likeness (QED) is 0.333. The van der Waals surface area contributed by atoms with Crippen LogP contribution in [0.4, 0.5) is 0 Å². The van der Waals surface area contributed by atoms with Gasteiger partial charge in [-0.15, -0.1) is 0 Å². The third-order valence-corrected chi connectivity index (χ3v) is 0. The Labute approximate surface area is 55.1 Å². The fourth-order valence-electron chi connectivity index (χ4n) is 0. The summed E-state index contributed by atoms with van der Waals surface area (Å²) >= 11 is 0. The first-order chi connectivity index (χ1) is 1.00. The molecule has 0 saturated carbocycles. The minimum atomic E-state index is 0. The summed E-state index contributed by atoms with van der Waals surface area (Å²) in [6.45, 7) is 0. The number of rotatable bonds is 0. The van der Waals surface area contributed by atoms with Crippen LogP contribution in [-0.2, 0) is 26.2 Å². The molecule has 4 heavy (non-hydrogen) atoms. The first-order valence-corrected chi connectivity index (χ1v) is 0.866. The Kier molecular flexibility index (Phi) is 125. The first kappa shape index (κ1) is 18.4. The fraction of sp³-hybridized carbons (Fsp3) is 0. The molecule has 0 saturated heterocycles. The van der Waals surface area contributed by atoms with Crippen molar-refractivity contribution in [1.82, 2.24) is 0 Å². The van der Waals surface area contributed by atoms with Gasteiger partial charge in [0.25, 0.3) is 0 Å². The van der Waals surface area contributed by atoms with E-state index < -0.39 is 0 Å². The number of hydrogen-bond donors (Lipinski definition) is 0. The average Bonchev–Trinajstić information content (AvgIpc) is 1.00. The van der Waals surface area contributed by atoms with Crippen molar-refractivity contribution < 1.29 is 26.2 Å². The summed E-state index contributed by atoms with van der Waals surface area (Å²) < 4.78 is 8.28. The zero-order valence-electron chi connectivity index (χ0n) is 1.62. The van der Waals surface area contributed by atoms with E-state index in [2.05, 4.69) is 0 Å². The van der Waals surface area contributed by atoms with E-state index in [4.69, 9.17) is 4.46 Å². The van der Waals surface area contributed by atoms with Crippen molar-refractivity contribution in [3.63, 3.8) is 0 Å². The molecule has 0 aliphatic rings. The Morgan fingerprint density at radius 1 is 1.25 bits per heavy atom. The summed E-state index contributed by atoms with van der Waals surface area (Å²) in [4.78, 5) is 0. The van der Waals surface area contributed by atoms with Gasteiger partial charge in [-0.1, -0.05) is 0 Å². The van der Waals surface area contributed by atoms with Crippen molar-refractivity contribution in [3.8, 4) is 0 Å². The maximum Gasteiger partial charge on any atom is 0 e. The van der Waals surface area contributed by atoms with E-state index in [1.807, 2.05) is 0 Å². The van der Waals surface area contributed by atoms with Crippen LogP contribution < -0.4 is 0 Å². The molecule has 0 aromatic rings. The van der Waals surface area contributed by atoms with Gasteiger partial charge < -0.3 is 4.46 Å². The van der Waals surface area contributed by atoms with Crippen LogP contribution in [0.3, 0.4) is 0 Å². The zero-order chi connectivity index (χ0) is 2.00. The van der Waals surface area contributed by atoms with Gasteiger partial charge in [-0.25, -0.2) is 0 Å². The molecule has 0 radical (unpaired) electrons. The Morgan fingerprint density at radius 3 is 1.25 bits per heavy atom. The van der Waals surface area contributed by atoms with Gasteiger partial charge in [0.05, 0.1) is 0 Å². The van der Waals surface area contributed by atoms with Gasteiger partial charge in [0.15, 0.2) is 0 Å². The van der Waals surface area contributed by atoms with E-state index >= 15 is 0 Å². The topological polar surface area (TPSA) is 17.1 Å². The first-order valence-electron chi connectivity index (χ1n) is 0.289. The molecule has 0 heterocycles. The fourth-order valence-corrected chi connectivity index (χ4v) is 0. The Hall–Kier alpha value is 1.33. The molecule has 0 spiro atoms. The van der Waals surface area contributed by atoms with Gasteiger partial charge in [0, 0.05) is 21.7 Å². The van der Waals surface area contributed by atoms with Crippen LogP contribution in [0.5, 0.6) is 0 Å². The third kappa shape index (κ3) is 10.2. The molecule has 0 aromatic carbocycles. The predicted molar refractivity (Wildman–Crippen MR) is 16.4 cm³/mol. The molecule has 0 aromatic heterocycles. The van der Waals surface area contributed by atoms with Crippen LogP contribution in [0, 0.1) is 0 Å². The smallest absolute Gasteiger partial charge is 0 e. The van der Waals surface area contributed by atoms with Gasteiger partial charge in [0.2, 0.25) is 10.1 Å². The Morgan fingerprint density at radius 2 is 1.25 bits per heavy atom. The molecule has 0 unspecified atom stereocenters. The summed E-state index contributed by atoms with van der Waals surface area (Å²) in [5.41, 5.74) is 0. The predicted octanol–water partition coefficient (Wildman–Crippen LogP) is -1.69. The molecule has 0 fully saturated rings. The van der Waals surface area contributed by atoms with E-state index in [1.54, 1.807) is 0 Å². The maximum absolute atomic E-state index is 8.28. The number of hydrogen-bond acceptors (Lipinski definition) is 1. The van der Waals surface area contributed by atoms with Crippen LogP contribution in [0.15, 0.2) is 0 Å². The third-order valence-electron chi connectivity index (χ3n) is 0. The van der Waals surface area contributed by atoms with Crippen LogP contribution >= 0.6 is 0 Å². The molecule has 0 amide bonds. The molecule has 0 aliphatic carbocycles. The van der Waals surface area contributed by atoms with E-state index in [-0.39, 0.29) is 40.6 Å². The SMILES string of the molecule is O=[SiH2].[LiH].[Ti]. The maximum atomic E-state index is 8.28. The average molecular weight is 102 g/mol. The molecular weight excluding hydrogens is 98.9 g/mol. The molecule has 0 rings (SSSR count). The minimum Gasteiger partial charge on any atom is 0 e. The van der Waals surface area contributed by atoms with Gasteiger partial charge in [-0.2, -0.15) is 0 Å². The largest absolute Gasteiger partial charge is 0 e. The summed E-state index contributed by atoms with van der Waals surface area (Å²) in [6.07, 6.45) is 0. The van der Waals surface area contributed by atoms with E-state index in [1.165, 1.54) is 0 Å². The molecule has 1 nitrogen and oxygen atoms in total. The second-order valence-corrected chi connectivity index (χ2v) is 0. The van der Waals surface area contributed by atoms with Crippen molar-refractivity contribution in [2.45, 2.75) is 0 Å². The Bertz CT molecular complexity index is 8.00. The van der Waals surface area contributed by atoms with Crippen LogP contribution in [0.2, 0.25) is 0 Å². The second-order valence-electron chi connectivity index (χ2n) is 0. The molecule has 0 N–H and O–H groups in total. The molecule has 18 valence electrons. The Balaban J connectivity index is -0.00000000500. The van der Waals surface area contributed by atoms with Crippen LogP contribution in [0.1, 0.15) is 0 Å². The normalized spacial score (nSPS) is 1.00. The summed E-state index contributed by atoms with van der Waals surface area (Å²) in [5, 5.41) is 0. The van der Waals surface area contributed by atoms with Gasteiger partial charge in [0.1, 0.15) is 0 Å². The van der Waals surface area contributed by atoms with Crippen molar-refractivity contribution >= 4 is 29.0 Å². The van der Waals surface area contributed by atoms with Crippen molar-refractivity contribution in [3.05, 3.63) is 0 Å². The molecule has 0 aliphatic heterocycles. The molecule has 0 atom stereocenters. The van der Waals surface area contributed by atoms with Crippen LogP contribution in [-0.4, -0.2) is 29.0 Å². The second kappa shape index (κ2) is 27.2. The van der Waals surface area contributed by atoms with E-state index in [0.717, 1.165) is 0 Å². The van der Waals surface area contributed by atoms with Crippen molar-refractivity contribution in [1.29, 1.82) is 0 Å². The standard InChI is InChI=1S/Li.H2OSi.Ti.H/c;1-2;;/h;2H2;;. The zero-order valence-corrected chi connectivity index (χ0v) is 4.59. The van der Waals surface area contributed by atoms with Crippen molar-refractivity contribution in [2.75, 3.05) is 0 Å². The van der Waals surface area contributed by atoms with E-state index in [0.29, 0.717) is 10.1 Å². The van der Waals surface area contributed by atoms with Crippen LogP contribution in [0.25, 0.3) is 0 Å². The van der Waals surface area contributed by atoms with Gasteiger partial charge >= 0.3 is 18.9 Å². The summed E-state index contributed by atoms with van der Waals surface area (Å²) in [7, 11) is 0.611. The summed E-state index contributed by atoms with van der Waals surface area (Å²) in [5.74, 6) is 0. The monoisotopic (exact) mass is 102 g/mol. The molecule has 0 bridgehead atoms. The minimum absolute atomic E-state index is 0.